The van der Waals surface area contributed by atoms with Crippen molar-refractivity contribution in [3.05, 3.63) is 84.6 Å². The van der Waals surface area contributed by atoms with Gasteiger partial charge in [0.25, 0.3) is 0 Å². The van der Waals surface area contributed by atoms with E-state index in [2.05, 4.69) is 60.6 Å². The van der Waals surface area contributed by atoms with Gasteiger partial charge in [-0.2, -0.15) is 0 Å². The van der Waals surface area contributed by atoms with Gasteiger partial charge in [0.05, 0.1) is 5.69 Å². The van der Waals surface area contributed by atoms with Crippen LogP contribution in [0.4, 0.5) is 0 Å². The number of pyridine rings is 1. The van der Waals surface area contributed by atoms with Gasteiger partial charge in [0, 0.05) is 27.4 Å². The molecule has 0 saturated heterocycles. The van der Waals surface area contributed by atoms with Crippen LogP contribution >= 0.6 is 0 Å². The van der Waals surface area contributed by atoms with Gasteiger partial charge in [-0.1, -0.05) is 100 Å². The highest BCUT2D eigenvalue weighted by Crippen LogP contribution is 2.30. The van der Waals surface area contributed by atoms with Crippen LogP contribution < -0.4 is 0 Å². The fourth-order valence-corrected chi connectivity index (χ4v) is 4.76. The lowest BCUT2D eigenvalue weighted by molar-refractivity contribution is 0.332. The molecule has 33 heavy (non-hydrogen) atoms. The molecule has 180 valence electrons. The molecule has 1 saturated carbocycles. The van der Waals surface area contributed by atoms with E-state index in [9.17, 15) is 0 Å². The fourth-order valence-electron chi connectivity index (χ4n) is 4.76. The molecule has 1 aliphatic carbocycles. The quantitative estimate of drug-likeness (QED) is 0.254. The maximum Gasteiger partial charge on any atom is 0.0705 e. The molecule has 0 radical (unpaired) electrons. The van der Waals surface area contributed by atoms with Crippen molar-refractivity contribution in [1.82, 2.24) is 4.98 Å². The van der Waals surface area contributed by atoms with Crippen LogP contribution in [0.1, 0.15) is 71.9 Å². The largest absolute Gasteiger partial charge is 0.412 e. The average Bonchev–Trinajstić information content (AvgIpc) is 2.84. The standard InChI is InChI=1S/C30H38N2.H2O.2H2/c1-4-12-26(23-31-3)20-19-24(2)28-21-22-29(27-16-9-6-10-17-27)32-30(28)18-11-15-25-13-7-5-8-14-25;;;/h4,6,9-10,12,16-17,21-23,25H,1-2,5,7-8,11,13-15,18-20H2,3H3;1H2;2*1H/b26-12-,31-23?;;;. The summed E-state index contributed by atoms with van der Waals surface area (Å²) < 4.78 is 0. The molecule has 0 spiro atoms. The van der Waals surface area contributed by atoms with Crippen LogP contribution in [-0.2, 0) is 6.42 Å². The Morgan fingerprint density at radius 3 is 2.55 bits per heavy atom. The molecule has 0 aliphatic heterocycles. The summed E-state index contributed by atoms with van der Waals surface area (Å²) in [5, 5.41) is 0. The van der Waals surface area contributed by atoms with Gasteiger partial charge in [-0.3, -0.25) is 9.98 Å². The van der Waals surface area contributed by atoms with E-state index in [1.807, 2.05) is 25.4 Å². The Morgan fingerprint density at radius 2 is 1.85 bits per heavy atom. The summed E-state index contributed by atoms with van der Waals surface area (Å²) in [6.07, 6.45) is 18.2. The molecule has 0 amide bonds. The van der Waals surface area contributed by atoms with Gasteiger partial charge in [0.1, 0.15) is 0 Å². The summed E-state index contributed by atoms with van der Waals surface area (Å²) in [6, 6.07) is 14.9. The van der Waals surface area contributed by atoms with Gasteiger partial charge in [0.15, 0.2) is 0 Å². The monoisotopic (exact) mass is 448 g/mol. The first kappa shape index (κ1) is 26.5. The molecule has 0 unspecified atom stereocenters. The Morgan fingerprint density at radius 1 is 1.09 bits per heavy atom. The van der Waals surface area contributed by atoms with Crippen LogP contribution in [0.2, 0.25) is 0 Å². The number of rotatable bonds is 11. The Balaban J connectivity index is 0.00000385. The highest BCUT2D eigenvalue weighted by atomic mass is 16.0. The van der Waals surface area contributed by atoms with E-state index in [-0.39, 0.29) is 8.33 Å². The third-order valence-electron chi connectivity index (χ3n) is 6.52. The summed E-state index contributed by atoms with van der Waals surface area (Å²) >= 11 is 0. The predicted octanol–water partition coefficient (Wildman–Crippen LogP) is 7.93. The minimum absolute atomic E-state index is 0. The molecule has 0 bridgehead atoms. The molecule has 2 aromatic rings. The van der Waals surface area contributed by atoms with Gasteiger partial charge in [-0.15, -0.1) is 0 Å². The van der Waals surface area contributed by atoms with Crippen LogP contribution in [-0.4, -0.2) is 23.7 Å². The first-order valence-electron chi connectivity index (χ1n) is 12.2. The molecule has 1 aromatic heterocycles. The minimum Gasteiger partial charge on any atom is -0.412 e. The zero-order chi connectivity index (χ0) is 22.6. The van der Waals surface area contributed by atoms with Crippen molar-refractivity contribution in [3.63, 3.8) is 0 Å². The number of hydrogen-bond donors (Lipinski definition) is 0. The van der Waals surface area contributed by atoms with Crippen molar-refractivity contribution in [1.29, 1.82) is 0 Å². The van der Waals surface area contributed by atoms with Gasteiger partial charge in [-0.25, -0.2) is 0 Å². The Bertz CT molecular complexity index is 948. The van der Waals surface area contributed by atoms with E-state index < -0.39 is 0 Å². The maximum absolute atomic E-state index is 5.13. The molecule has 0 atom stereocenters. The molecule has 1 aliphatic rings. The summed E-state index contributed by atoms with van der Waals surface area (Å²) in [6.45, 7) is 8.26. The fraction of sp³-hybridized carbons (Fsp3) is 0.400. The molecular weight excluding hydrogens is 404 g/mol. The maximum atomic E-state index is 5.13. The van der Waals surface area contributed by atoms with E-state index in [1.165, 1.54) is 67.3 Å². The Kier molecular flexibility index (Phi) is 11.5. The highest BCUT2D eigenvalue weighted by Gasteiger charge is 2.15. The topological polar surface area (TPSA) is 56.8 Å². The first-order chi connectivity index (χ1) is 15.7. The first-order valence-corrected chi connectivity index (χ1v) is 12.2. The number of aryl methyl sites for hydroxylation is 1. The third-order valence-corrected chi connectivity index (χ3v) is 6.52. The van der Waals surface area contributed by atoms with Crippen LogP contribution in [0.15, 0.2) is 78.3 Å². The molecule has 1 heterocycles. The number of nitrogens with zero attached hydrogens (tertiary/aromatic N) is 2. The second kappa shape index (κ2) is 14.4. The third kappa shape index (κ3) is 8.25. The number of hydrogen-bond acceptors (Lipinski definition) is 2. The van der Waals surface area contributed by atoms with E-state index in [0.29, 0.717) is 0 Å². The second-order valence-electron chi connectivity index (χ2n) is 8.92. The van der Waals surface area contributed by atoms with E-state index in [0.717, 1.165) is 36.4 Å². The van der Waals surface area contributed by atoms with Crippen LogP contribution in [0.25, 0.3) is 16.8 Å². The van der Waals surface area contributed by atoms with Crippen molar-refractivity contribution in [2.75, 3.05) is 7.05 Å². The number of benzene rings is 1. The molecule has 1 aromatic carbocycles. The van der Waals surface area contributed by atoms with Crippen molar-refractivity contribution in [3.8, 4) is 11.3 Å². The van der Waals surface area contributed by atoms with Gasteiger partial charge in [-0.05, 0) is 54.4 Å². The molecule has 3 rings (SSSR count). The van der Waals surface area contributed by atoms with Crippen molar-refractivity contribution in [2.45, 2.75) is 64.2 Å². The minimum atomic E-state index is 0. The van der Waals surface area contributed by atoms with Gasteiger partial charge >= 0.3 is 0 Å². The Hall–Kier alpha value is -2.78. The van der Waals surface area contributed by atoms with E-state index in [4.69, 9.17) is 4.98 Å². The summed E-state index contributed by atoms with van der Waals surface area (Å²) in [5.41, 5.74) is 6.99. The molecule has 3 nitrogen and oxygen atoms in total. The molecule has 3 heteroatoms. The normalized spacial score (nSPS) is 14.8. The smallest absolute Gasteiger partial charge is 0.0705 e. The summed E-state index contributed by atoms with van der Waals surface area (Å²) in [4.78, 5) is 9.30. The van der Waals surface area contributed by atoms with Crippen LogP contribution in [0.5, 0.6) is 0 Å². The van der Waals surface area contributed by atoms with Crippen molar-refractivity contribution in [2.24, 2.45) is 10.9 Å². The van der Waals surface area contributed by atoms with Gasteiger partial charge in [0.2, 0.25) is 0 Å². The number of aromatic nitrogens is 1. The molecular formula is C30H44N2O. The lowest BCUT2D eigenvalue weighted by Crippen LogP contribution is -2.07. The highest BCUT2D eigenvalue weighted by molar-refractivity contribution is 5.79. The lowest BCUT2D eigenvalue weighted by atomic mass is 9.85. The average molecular weight is 449 g/mol. The molecule has 1 fully saturated rings. The number of aliphatic imine (C=N–C) groups is 1. The second-order valence-corrected chi connectivity index (χ2v) is 8.92. The van der Waals surface area contributed by atoms with Crippen LogP contribution in [0, 0.1) is 5.92 Å². The van der Waals surface area contributed by atoms with E-state index >= 15 is 0 Å². The SMILES string of the molecule is C=C/C=C(\C=NC)CCC(=C)c1ccc(-c2ccccc2)nc1CCCC1CCCCC1.O.[HH].[HH]. The van der Waals surface area contributed by atoms with Crippen molar-refractivity contribution < 1.29 is 8.33 Å². The zero-order valence-electron chi connectivity index (χ0n) is 20.2. The lowest BCUT2D eigenvalue weighted by Gasteiger charge is -2.21. The predicted molar refractivity (Wildman–Crippen MR) is 148 cm³/mol. The zero-order valence-corrected chi connectivity index (χ0v) is 20.2. The van der Waals surface area contributed by atoms with Gasteiger partial charge < -0.3 is 5.48 Å². The summed E-state index contributed by atoms with van der Waals surface area (Å²) in [5.74, 6) is 0.910. The van der Waals surface area contributed by atoms with Crippen LogP contribution in [0.3, 0.4) is 0 Å². The molecule has 2 N–H and O–H groups in total. The summed E-state index contributed by atoms with van der Waals surface area (Å²) in [7, 11) is 1.81. The Labute approximate surface area is 203 Å². The van der Waals surface area contributed by atoms with Crippen molar-refractivity contribution >= 4 is 11.8 Å². The van der Waals surface area contributed by atoms with E-state index in [1.54, 1.807) is 0 Å². The number of allylic oxidation sites excluding steroid dienone is 4.